The third-order valence-electron chi connectivity index (χ3n) is 3.94. The molecular weight excluding hydrogens is 343 g/mol. The summed E-state index contributed by atoms with van der Waals surface area (Å²) in [6, 6.07) is 6.73. The molecule has 2 aromatic rings. The Morgan fingerprint density at radius 1 is 1.32 bits per heavy atom. The van der Waals surface area contributed by atoms with Crippen molar-refractivity contribution >= 4 is 17.5 Å². The van der Waals surface area contributed by atoms with Gasteiger partial charge in [0.25, 0.3) is 5.91 Å². The monoisotopic (exact) mass is 364 g/mol. The molecule has 2 rings (SSSR count). The highest BCUT2D eigenvalue weighted by molar-refractivity contribution is 6.33. The van der Waals surface area contributed by atoms with Gasteiger partial charge in [0, 0.05) is 31.0 Å². The quantitative estimate of drug-likeness (QED) is 0.781. The first-order valence-corrected chi connectivity index (χ1v) is 8.48. The number of nitrogens with zero attached hydrogens (tertiary/aromatic N) is 3. The molecule has 1 unspecified atom stereocenters. The lowest BCUT2D eigenvalue weighted by atomic mass is 10.1. The van der Waals surface area contributed by atoms with Crippen molar-refractivity contribution in [2.24, 2.45) is 0 Å². The minimum atomic E-state index is -0.382. The zero-order valence-electron chi connectivity index (χ0n) is 14.4. The average Bonchev–Trinajstić information content (AvgIpc) is 2.61. The van der Waals surface area contributed by atoms with E-state index in [0.29, 0.717) is 35.9 Å². The Bertz CT molecular complexity index is 696. The maximum absolute atomic E-state index is 12.5. The molecule has 0 aliphatic carbocycles. The molecule has 1 aromatic heterocycles. The van der Waals surface area contributed by atoms with Gasteiger partial charge in [-0.05, 0) is 32.5 Å². The molecule has 1 N–H and O–H groups in total. The Kier molecular flexibility index (Phi) is 7.28. The number of aromatic nitrogens is 2. The van der Waals surface area contributed by atoms with E-state index >= 15 is 0 Å². The molecule has 1 atom stereocenters. The third kappa shape index (κ3) is 5.47. The summed E-state index contributed by atoms with van der Waals surface area (Å²) in [5.41, 5.74) is 1.29. The van der Waals surface area contributed by atoms with Crippen LogP contribution in [-0.4, -0.2) is 47.6 Å². The summed E-state index contributed by atoms with van der Waals surface area (Å²) in [7, 11) is 1.89. The second kappa shape index (κ2) is 9.44. The third-order valence-corrected chi connectivity index (χ3v) is 4.27. The summed E-state index contributed by atoms with van der Waals surface area (Å²) in [6.45, 7) is 2.34. The summed E-state index contributed by atoms with van der Waals surface area (Å²) in [5, 5.41) is 3.30. The normalized spacial score (nSPS) is 12.2. The van der Waals surface area contributed by atoms with Crippen molar-refractivity contribution in [2.45, 2.75) is 19.4 Å². The first kappa shape index (κ1) is 19.3. The molecule has 0 aliphatic heterocycles. The number of rotatable bonds is 8. The maximum Gasteiger partial charge on any atom is 0.252 e. The fourth-order valence-electron chi connectivity index (χ4n) is 2.50. The number of hydrogen-bond donors (Lipinski definition) is 1. The number of benzene rings is 1. The van der Waals surface area contributed by atoms with Crippen LogP contribution in [0.4, 0.5) is 4.39 Å². The van der Waals surface area contributed by atoms with Gasteiger partial charge in [0.05, 0.1) is 23.3 Å². The van der Waals surface area contributed by atoms with Gasteiger partial charge >= 0.3 is 0 Å². The van der Waals surface area contributed by atoms with E-state index in [1.807, 2.05) is 18.9 Å². The van der Waals surface area contributed by atoms with Crippen molar-refractivity contribution in [3.05, 3.63) is 58.6 Å². The summed E-state index contributed by atoms with van der Waals surface area (Å²) in [4.78, 5) is 22.8. The number of halogens is 2. The van der Waals surface area contributed by atoms with Crippen LogP contribution in [0.1, 0.15) is 34.2 Å². The van der Waals surface area contributed by atoms with Crippen LogP contribution in [0.25, 0.3) is 0 Å². The molecule has 25 heavy (non-hydrogen) atoms. The average molecular weight is 365 g/mol. The zero-order valence-corrected chi connectivity index (χ0v) is 15.1. The molecule has 0 saturated carbocycles. The van der Waals surface area contributed by atoms with Crippen molar-refractivity contribution in [2.75, 3.05) is 26.8 Å². The minimum Gasteiger partial charge on any atom is -0.350 e. The van der Waals surface area contributed by atoms with E-state index in [-0.39, 0.29) is 18.6 Å². The van der Waals surface area contributed by atoms with E-state index in [1.54, 1.807) is 36.7 Å². The highest BCUT2D eigenvalue weighted by atomic mass is 35.5. The van der Waals surface area contributed by atoms with Crippen molar-refractivity contribution in [3.63, 3.8) is 0 Å². The Hall–Kier alpha value is -2.05. The first-order valence-electron chi connectivity index (χ1n) is 8.10. The van der Waals surface area contributed by atoms with Crippen LogP contribution in [0, 0.1) is 6.92 Å². The Morgan fingerprint density at radius 2 is 2.00 bits per heavy atom. The maximum atomic E-state index is 12.5. The Labute approximate surface area is 152 Å². The standard InChI is InChI=1S/C18H22ClFN4O/c1-13-21-10-14(11-22-13)17(24(2)9-5-8-20)12-23-18(25)15-6-3-4-7-16(15)19/h3-4,6-7,10-11,17H,5,8-9,12H2,1-2H3,(H,23,25). The topological polar surface area (TPSA) is 58.1 Å². The Balaban J connectivity index is 2.11. The van der Waals surface area contributed by atoms with Crippen molar-refractivity contribution in [1.29, 1.82) is 0 Å². The summed E-state index contributed by atoms with van der Waals surface area (Å²) in [6.07, 6.45) is 3.90. The van der Waals surface area contributed by atoms with Gasteiger partial charge in [-0.2, -0.15) is 0 Å². The van der Waals surface area contributed by atoms with Gasteiger partial charge in [-0.25, -0.2) is 9.97 Å². The molecule has 1 aromatic carbocycles. The van der Waals surface area contributed by atoms with Crippen LogP contribution < -0.4 is 5.32 Å². The smallest absolute Gasteiger partial charge is 0.252 e. The highest BCUT2D eigenvalue weighted by Gasteiger charge is 2.19. The fraction of sp³-hybridized carbons (Fsp3) is 0.389. The van der Waals surface area contributed by atoms with E-state index in [9.17, 15) is 9.18 Å². The van der Waals surface area contributed by atoms with E-state index in [2.05, 4.69) is 15.3 Å². The van der Waals surface area contributed by atoms with Crippen molar-refractivity contribution in [1.82, 2.24) is 20.2 Å². The second-order valence-electron chi connectivity index (χ2n) is 5.79. The Morgan fingerprint density at radius 3 is 2.64 bits per heavy atom. The first-order chi connectivity index (χ1) is 12.0. The van der Waals surface area contributed by atoms with Crippen LogP contribution in [0.5, 0.6) is 0 Å². The molecule has 7 heteroatoms. The molecule has 134 valence electrons. The molecular formula is C18H22ClFN4O. The molecule has 5 nitrogen and oxygen atoms in total. The van der Waals surface area contributed by atoms with Crippen LogP contribution in [-0.2, 0) is 0 Å². The van der Waals surface area contributed by atoms with Gasteiger partial charge in [0.15, 0.2) is 0 Å². The number of likely N-dealkylation sites (N-methyl/N-ethyl adjacent to an activating group) is 1. The highest BCUT2D eigenvalue weighted by Crippen LogP contribution is 2.19. The lowest BCUT2D eigenvalue weighted by Crippen LogP contribution is -2.37. The number of carbonyl (C=O) groups excluding carboxylic acids is 1. The summed E-state index contributed by atoms with van der Waals surface area (Å²) >= 11 is 6.07. The van der Waals surface area contributed by atoms with Crippen molar-refractivity contribution < 1.29 is 9.18 Å². The molecule has 0 bridgehead atoms. The predicted molar refractivity (Wildman–Crippen MR) is 96.5 cm³/mol. The molecule has 0 radical (unpaired) electrons. The van der Waals surface area contributed by atoms with E-state index < -0.39 is 0 Å². The van der Waals surface area contributed by atoms with Gasteiger partial charge < -0.3 is 5.32 Å². The van der Waals surface area contributed by atoms with E-state index in [0.717, 1.165) is 5.56 Å². The summed E-state index contributed by atoms with van der Waals surface area (Å²) < 4.78 is 12.5. The lowest BCUT2D eigenvalue weighted by Gasteiger charge is -2.28. The number of alkyl halides is 1. The number of amides is 1. The van der Waals surface area contributed by atoms with E-state index in [1.165, 1.54) is 0 Å². The SMILES string of the molecule is Cc1ncc(C(CNC(=O)c2ccccc2Cl)N(C)CCCF)cn1. The van der Waals surface area contributed by atoms with Gasteiger partial charge in [-0.1, -0.05) is 23.7 Å². The molecule has 0 spiro atoms. The van der Waals surface area contributed by atoms with Gasteiger partial charge in [-0.15, -0.1) is 0 Å². The zero-order chi connectivity index (χ0) is 18.2. The number of nitrogens with one attached hydrogen (secondary N) is 1. The van der Waals surface area contributed by atoms with Gasteiger partial charge in [0.1, 0.15) is 5.82 Å². The molecule has 0 aliphatic rings. The predicted octanol–water partition coefficient (Wildman–Crippen LogP) is 3.20. The largest absolute Gasteiger partial charge is 0.350 e. The molecule has 1 heterocycles. The van der Waals surface area contributed by atoms with Gasteiger partial charge in [-0.3, -0.25) is 14.1 Å². The minimum absolute atomic E-state index is 0.154. The van der Waals surface area contributed by atoms with Crippen LogP contribution >= 0.6 is 11.6 Å². The van der Waals surface area contributed by atoms with Crippen LogP contribution in [0.3, 0.4) is 0 Å². The summed E-state index contributed by atoms with van der Waals surface area (Å²) in [5.74, 6) is 0.427. The lowest BCUT2D eigenvalue weighted by molar-refractivity contribution is 0.0937. The van der Waals surface area contributed by atoms with Gasteiger partial charge in [0.2, 0.25) is 0 Å². The second-order valence-corrected chi connectivity index (χ2v) is 6.20. The van der Waals surface area contributed by atoms with Crippen LogP contribution in [0.2, 0.25) is 5.02 Å². The fourth-order valence-corrected chi connectivity index (χ4v) is 2.72. The van der Waals surface area contributed by atoms with Crippen molar-refractivity contribution in [3.8, 4) is 0 Å². The van der Waals surface area contributed by atoms with Crippen LogP contribution in [0.15, 0.2) is 36.7 Å². The number of aryl methyl sites for hydroxylation is 1. The molecule has 0 fully saturated rings. The molecule has 0 saturated heterocycles. The number of hydrogen-bond acceptors (Lipinski definition) is 4. The van der Waals surface area contributed by atoms with E-state index in [4.69, 9.17) is 11.6 Å². The molecule has 1 amide bonds. The number of carbonyl (C=O) groups is 1.